The third-order valence-electron chi connectivity index (χ3n) is 5.07. The number of para-hydroxylation sites is 2. The maximum absolute atomic E-state index is 12.5. The van der Waals surface area contributed by atoms with Gasteiger partial charge in [0.05, 0.1) is 30.1 Å². The van der Waals surface area contributed by atoms with Gasteiger partial charge < -0.3 is 10.1 Å². The van der Waals surface area contributed by atoms with Crippen molar-refractivity contribution in [1.29, 1.82) is 0 Å². The van der Waals surface area contributed by atoms with Gasteiger partial charge >= 0.3 is 0 Å². The Labute approximate surface area is 200 Å². The van der Waals surface area contributed by atoms with E-state index in [1.54, 1.807) is 36.4 Å². The Morgan fingerprint density at radius 1 is 1.00 bits per heavy atom. The Morgan fingerprint density at radius 3 is 2.33 bits per heavy atom. The van der Waals surface area contributed by atoms with Crippen LogP contribution < -0.4 is 14.4 Å². The molecule has 6 nitrogen and oxygen atoms in total. The molecule has 0 aliphatic carbocycles. The van der Waals surface area contributed by atoms with Crippen LogP contribution in [0.3, 0.4) is 0 Å². The Balaban J connectivity index is 1.61. The third-order valence-corrected chi connectivity index (χ3v) is 6.50. The molecule has 0 bridgehead atoms. The van der Waals surface area contributed by atoms with E-state index in [-0.39, 0.29) is 19.1 Å². The van der Waals surface area contributed by atoms with Gasteiger partial charge in [-0.25, -0.2) is 8.42 Å². The SMILES string of the molecule is CCc1ccccc1N(Cc1ccc(C(=O)NCCOc2ccccc2Cl)cc1)S(C)(=O)=O. The lowest BCUT2D eigenvalue weighted by Crippen LogP contribution is -2.30. The number of aryl methyl sites for hydroxylation is 1. The van der Waals surface area contributed by atoms with E-state index in [1.165, 1.54) is 10.6 Å². The number of benzene rings is 3. The van der Waals surface area contributed by atoms with Crippen molar-refractivity contribution in [1.82, 2.24) is 5.32 Å². The number of sulfonamides is 1. The van der Waals surface area contributed by atoms with Gasteiger partial charge in [0.2, 0.25) is 10.0 Å². The molecule has 3 rings (SSSR count). The number of hydrogen-bond donors (Lipinski definition) is 1. The smallest absolute Gasteiger partial charge is 0.251 e. The molecule has 0 spiro atoms. The average Bonchev–Trinajstić information content (AvgIpc) is 2.81. The van der Waals surface area contributed by atoms with E-state index in [0.29, 0.717) is 28.6 Å². The van der Waals surface area contributed by atoms with Crippen LogP contribution in [0.2, 0.25) is 5.02 Å². The molecule has 33 heavy (non-hydrogen) atoms. The molecule has 8 heteroatoms. The minimum Gasteiger partial charge on any atom is -0.490 e. The number of hydrogen-bond acceptors (Lipinski definition) is 4. The molecule has 174 valence electrons. The molecule has 0 saturated carbocycles. The van der Waals surface area contributed by atoms with Crippen molar-refractivity contribution < 1.29 is 17.9 Å². The highest BCUT2D eigenvalue weighted by Crippen LogP contribution is 2.26. The fraction of sp³-hybridized carbons (Fsp3) is 0.240. The van der Waals surface area contributed by atoms with Crippen molar-refractivity contribution in [3.05, 3.63) is 94.5 Å². The second-order valence-corrected chi connectivity index (χ2v) is 9.80. The van der Waals surface area contributed by atoms with Crippen LogP contribution in [-0.4, -0.2) is 33.7 Å². The fourth-order valence-electron chi connectivity index (χ4n) is 3.35. The van der Waals surface area contributed by atoms with Gasteiger partial charge in [0.1, 0.15) is 12.4 Å². The lowest BCUT2D eigenvalue weighted by atomic mass is 10.1. The van der Waals surface area contributed by atoms with Crippen molar-refractivity contribution in [3.8, 4) is 5.75 Å². The van der Waals surface area contributed by atoms with Gasteiger partial charge in [-0.05, 0) is 47.9 Å². The van der Waals surface area contributed by atoms with E-state index in [4.69, 9.17) is 16.3 Å². The highest BCUT2D eigenvalue weighted by Gasteiger charge is 2.20. The molecular formula is C25H27ClN2O4S. The summed E-state index contributed by atoms with van der Waals surface area (Å²) in [5, 5.41) is 3.32. The zero-order valence-electron chi connectivity index (χ0n) is 18.6. The number of amides is 1. The number of carbonyl (C=O) groups excluding carboxylic acids is 1. The first kappa shape index (κ1) is 24.6. The molecule has 0 fully saturated rings. The molecular weight excluding hydrogens is 460 g/mol. The molecule has 3 aromatic rings. The number of ether oxygens (including phenoxy) is 1. The Morgan fingerprint density at radius 2 is 1.67 bits per heavy atom. The maximum atomic E-state index is 12.5. The second-order valence-electron chi connectivity index (χ2n) is 7.48. The standard InChI is InChI=1S/C25H27ClN2O4S/c1-3-20-8-4-6-10-23(20)28(33(2,30)31)18-19-12-14-21(15-13-19)25(29)27-16-17-32-24-11-7-5-9-22(24)26/h4-15H,3,16-18H2,1-2H3,(H,27,29). The monoisotopic (exact) mass is 486 g/mol. The first-order valence-corrected chi connectivity index (χ1v) is 12.8. The van der Waals surface area contributed by atoms with Crippen LogP contribution in [0.4, 0.5) is 5.69 Å². The van der Waals surface area contributed by atoms with Crippen LogP contribution in [-0.2, 0) is 23.0 Å². The van der Waals surface area contributed by atoms with Gasteiger partial charge in [-0.3, -0.25) is 9.10 Å². The van der Waals surface area contributed by atoms with Crippen molar-refractivity contribution in [2.75, 3.05) is 23.7 Å². The number of halogens is 1. The van der Waals surface area contributed by atoms with Crippen molar-refractivity contribution in [2.45, 2.75) is 19.9 Å². The van der Waals surface area contributed by atoms with E-state index in [1.807, 2.05) is 43.3 Å². The summed E-state index contributed by atoms with van der Waals surface area (Å²) in [5.74, 6) is 0.332. The van der Waals surface area contributed by atoms with Gasteiger partial charge in [-0.15, -0.1) is 0 Å². The minimum absolute atomic E-state index is 0.184. The quantitative estimate of drug-likeness (QED) is 0.422. The van der Waals surface area contributed by atoms with Crippen LogP contribution in [0.15, 0.2) is 72.8 Å². The number of nitrogens with zero attached hydrogens (tertiary/aromatic N) is 1. The van der Waals surface area contributed by atoms with Crippen molar-refractivity contribution in [3.63, 3.8) is 0 Å². The average molecular weight is 487 g/mol. The molecule has 0 unspecified atom stereocenters. The third kappa shape index (κ3) is 6.73. The van der Waals surface area contributed by atoms with Crippen LogP contribution in [0.25, 0.3) is 0 Å². The van der Waals surface area contributed by atoms with E-state index in [9.17, 15) is 13.2 Å². The summed E-state index contributed by atoms with van der Waals surface area (Å²) in [6.07, 6.45) is 1.92. The minimum atomic E-state index is -3.49. The predicted molar refractivity (Wildman–Crippen MR) is 133 cm³/mol. The topological polar surface area (TPSA) is 75.7 Å². The summed E-state index contributed by atoms with van der Waals surface area (Å²) in [6, 6.07) is 21.5. The van der Waals surface area contributed by atoms with Crippen molar-refractivity contribution >= 4 is 33.2 Å². The second kappa shape index (κ2) is 11.2. The zero-order chi connectivity index (χ0) is 23.8. The molecule has 0 saturated heterocycles. The van der Waals surface area contributed by atoms with Gasteiger partial charge in [0, 0.05) is 5.56 Å². The van der Waals surface area contributed by atoms with Crippen LogP contribution in [0.5, 0.6) is 5.75 Å². The fourth-order valence-corrected chi connectivity index (χ4v) is 4.46. The maximum Gasteiger partial charge on any atom is 0.251 e. The lowest BCUT2D eigenvalue weighted by molar-refractivity contribution is 0.0947. The van der Waals surface area contributed by atoms with Gasteiger partial charge in [-0.1, -0.05) is 61.0 Å². The summed E-state index contributed by atoms with van der Waals surface area (Å²) in [6.45, 7) is 2.78. The normalized spacial score (nSPS) is 11.1. The summed E-state index contributed by atoms with van der Waals surface area (Å²) >= 11 is 6.04. The summed E-state index contributed by atoms with van der Waals surface area (Å²) in [4.78, 5) is 12.4. The summed E-state index contributed by atoms with van der Waals surface area (Å²) in [5.41, 5.74) is 2.89. The van der Waals surface area contributed by atoms with Crippen LogP contribution in [0, 0.1) is 0 Å². The summed E-state index contributed by atoms with van der Waals surface area (Å²) in [7, 11) is -3.49. The zero-order valence-corrected chi connectivity index (χ0v) is 20.2. The Bertz CT molecular complexity index is 1200. The lowest BCUT2D eigenvalue weighted by Gasteiger charge is -2.25. The van der Waals surface area contributed by atoms with Crippen LogP contribution >= 0.6 is 11.6 Å². The van der Waals surface area contributed by atoms with Gasteiger partial charge in [-0.2, -0.15) is 0 Å². The van der Waals surface area contributed by atoms with Gasteiger partial charge in [0.25, 0.3) is 5.91 Å². The number of rotatable bonds is 10. The van der Waals surface area contributed by atoms with Gasteiger partial charge in [0.15, 0.2) is 0 Å². The Kier molecular flexibility index (Phi) is 8.36. The molecule has 0 atom stereocenters. The van der Waals surface area contributed by atoms with E-state index in [2.05, 4.69) is 5.32 Å². The molecule has 0 heterocycles. The number of carbonyl (C=O) groups is 1. The largest absolute Gasteiger partial charge is 0.490 e. The van der Waals surface area contributed by atoms with E-state index >= 15 is 0 Å². The van der Waals surface area contributed by atoms with E-state index < -0.39 is 10.0 Å². The molecule has 1 N–H and O–H groups in total. The first-order chi connectivity index (χ1) is 15.8. The molecule has 0 radical (unpaired) electrons. The molecule has 0 aromatic heterocycles. The summed E-state index contributed by atoms with van der Waals surface area (Å²) < 4.78 is 31.9. The molecule has 3 aromatic carbocycles. The highest BCUT2D eigenvalue weighted by molar-refractivity contribution is 7.92. The van der Waals surface area contributed by atoms with E-state index in [0.717, 1.165) is 17.5 Å². The molecule has 0 aliphatic rings. The molecule has 0 aliphatic heterocycles. The van der Waals surface area contributed by atoms with Crippen molar-refractivity contribution in [2.24, 2.45) is 0 Å². The highest BCUT2D eigenvalue weighted by atomic mass is 35.5. The van der Waals surface area contributed by atoms with Crippen LogP contribution in [0.1, 0.15) is 28.4 Å². The first-order valence-electron chi connectivity index (χ1n) is 10.6. The predicted octanol–water partition coefficient (Wildman–Crippen LogP) is 4.68. The number of nitrogens with one attached hydrogen (secondary N) is 1. The molecule has 1 amide bonds. The number of anilines is 1. The Hall–Kier alpha value is -3.03.